The number of amides is 1. The minimum atomic E-state index is 0.0507. The SMILES string of the molecule is Cc1cc(C)n(CCCC(=O)Nc2cnc3n2CCCC3)n1. The zero-order chi connectivity index (χ0) is 15.5. The van der Waals surface area contributed by atoms with Crippen LogP contribution in [0, 0.1) is 13.8 Å². The molecule has 0 fully saturated rings. The largest absolute Gasteiger partial charge is 0.315 e. The standard InChI is InChI=1S/C16H23N5O/c1-12-10-13(2)21(19-12)9-5-7-16(22)18-15-11-17-14-6-3-4-8-20(14)15/h10-11H,3-9H2,1-2H3,(H,18,22). The van der Waals surface area contributed by atoms with E-state index in [1.807, 2.05) is 18.5 Å². The smallest absolute Gasteiger partial charge is 0.225 e. The van der Waals surface area contributed by atoms with E-state index >= 15 is 0 Å². The molecule has 22 heavy (non-hydrogen) atoms. The third-order valence-corrected chi connectivity index (χ3v) is 4.11. The molecule has 3 rings (SSSR count). The highest BCUT2D eigenvalue weighted by molar-refractivity contribution is 5.89. The van der Waals surface area contributed by atoms with Gasteiger partial charge >= 0.3 is 0 Å². The van der Waals surface area contributed by atoms with E-state index in [9.17, 15) is 4.79 Å². The Morgan fingerprint density at radius 1 is 1.36 bits per heavy atom. The Labute approximate surface area is 130 Å². The van der Waals surface area contributed by atoms with Crippen LogP contribution in [-0.4, -0.2) is 25.2 Å². The number of anilines is 1. The maximum absolute atomic E-state index is 12.1. The van der Waals surface area contributed by atoms with Crippen LogP contribution in [0.1, 0.15) is 42.9 Å². The number of nitrogens with one attached hydrogen (secondary N) is 1. The summed E-state index contributed by atoms with van der Waals surface area (Å²) in [6.45, 7) is 5.76. The number of hydrogen-bond acceptors (Lipinski definition) is 3. The Balaban J connectivity index is 1.50. The van der Waals surface area contributed by atoms with Crippen molar-refractivity contribution in [2.24, 2.45) is 0 Å². The predicted octanol–water partition coefficient (Wildman–Crippen LogP) is 2.45. The summed E-state index contributed by atoms with van der Waals surface area (Å²) >= 11 is 0. The molecule has 1 amide bonds. The van der Waals surface area contributed by atoms with Gasteiger partial charge in [0.25, 0.3) is 0 Å². The van der Waals surface area contributed by atoms with Gasteiger partial charge in [-0.05, 0) is 39.2 Å². The third kappa shape index (κ3) is 3.21. The molecule has 0 atom stereocenters. The molecule has 0 aliphatic carbocycles. The van der Waals surface area contributed by atoms with Crippen molar-refractivity contribution >= 4 is 11.7 Å². The molecule has 0 aromatic carbocycles. The number of imidazole rings is 1. The van der Waals surface area contributed by atoms with Gasteiger partial charge in [0.05, 0.1) is 11.9 Å². The number of rotatable bonds is 5. The molecule has 0 saturated carbocycles. The van der Waals surface area contributed by atoms with Crippen molar-refractivity contribution in [2.45, 2.75) is 59.0 Å². The van der Waals surface area contributed by atoms with Crippen LogP contribution in [0.25, 0.3) is 0 Å². The van der Waals surface area contributed by atoms with Crippen LogP contribution in [0.3, 0.4) is 0 Å². The maximum atomic E-state index is 12.1. The normalized spacial score (nSPS) is 13.9. The van der Waals surface area contributed by atoms with Crippen molar-refractivity contribution in [1.29, 1.82) is 0 Å². The van der Waals surface area contributed by atoms with Crippen LogP contribution in [0.15, 0.2) is 12.3 Å². The zero-order valence-electron chi connectivity index (χ0n) is 13.3. The van der Waals surface area contributed by atoms with E-state index in [4.69, 9.17) is 0 Å². The summed E-state index contributed by atoms with van der Waals surface area (Å²) in [6, 6.07) is 2.05. The minimum absolute atomic E-state index is 0.0507. The van der Waals surface area contributed by atoms with Gasteiger partial charge in [-0.25, -0.2) is 4.98 Å². The first-order chi connectivity index (χ1) is 10.6. The lowest BCUT2D eigenvalue weighted by Gasteiger charge is -2.16. The van der Waals surface area contributed by atoms with Crippen molar-refractivity contribution in [3.8, 4) is 0 Å². The van der Waals surface area contributed by atoms with E-state index in [-0.39, 0.29) is 5.91 Å². The van der Waals surface area contributed by atoms with Crippen LogP contribution in [0.5, 0.6) is 0 Å². The molecular weight excluding hydrogens is 278 g/mol. The number of fused-ring (bicyclic) bond motifs is 1. The molecule has 6 heteroatoms. The molecule has 0 bridgehead atoms. The van der Waals surface area contributed by atoms with Crippen molar-refractivity contribution < 1.29 is 4.79 Å². The number of aromatic nitrogens is 4. The number of nitrogens with zero attached hydrogens (tertiary/aromatic N) is 4. The fraction of sp³-hybridized carbons (Fsp3) is 0.562. The average molecular weight is 301 g/mol. The second-order valence-electron chi connectivity index (χ2n) is 5.97. The van der Waals surface area contributed by atoms with E-state index in [1.54, 1.807) is 6.20 Å². The molecule has 2 aromatic heterocycles. The predicted molar refractivity (Wildman–Crippen MR) is 84.7 cm³/mol. The Kier molecular flexibility index (Phi) is 4.27. The van der Waals surface area contributed by atoms with Gasteiger partial charge in [0.15, 0.2) is 0 Å². The van der Waals surface area contributed by atoms with Crippen LogP contribution in [0.2, 0.25) is 0 Å². The summed E-state index contributed by atoms with van der Waals surface area (Å²) < 4.78 is 4.09. The van der Waals surface area contributed by atoms with Gasteiger partial charge in [0.2, 0.25) is 5.91 Å². The third-order valence-electron chi connectivity index (χ3n) is 4.11. The van der Waals surface area contributed by atoms with Gasteiger partial charge in [-0.15, -0.1) is 0 Å². The van der Waals surface area contributed by atoms with E-state index < -0.39 is 0 Å². The van der Waals surface area contributed by atoms with Gasteiger partial charge in [0.1, 0.15) is 11.6 Å². The summed E-state index contributed by atoms with van der Waals surface area (Å²) in [4.78, 5) is 16.5. The Bertz CT molecular complexity index is 670. The van der Waals surface area contributed by atoms with E-state index in [0.29, 0.717) is 6.42 Å². The first kappa shape index (κ1) is 14.8. The minimum Gasteiger partial charge on any atom is -0.315 e. The Morgan fingerprint density at radius 3 is 3.00 bits per heavy atom. The van der Waals surface area contributed by atoms with Crippen molar-refractivity contribution in [1.82, 2.24) is 19.3 Å². The summed E-state index contributed by atoms with van der Waals surface area (Å²) in [5, 5.41) is 7.40. The maximum Gasteiger partial charge on any atom is 0.225 e. The fourth-order valence-electron chi connectivity index (χ4n) is 3.01. The highest BCUT2D eigenvalue weighted by Gasteiger charge is 2.15. The van der Waals surface area contributed by atoms with Crippen LogP contribution < -0.4 is 5.32 Å². The molecule has 1 N–H and O–H groups in total. The molecule has 3 heterocycles. The lowest BCUT2D eigenvalue weighted by Crippen LogP contribution is -2.18. The average Bonchev–Trinajstić information content (AvgIpc) is 3.03. The molecule has 1 aliphatic heterocycles. The van der Waals surface area contributed by atoms with Crippen LogP contribution in [0.4, 0.5) is 5.82 Å². The molecule has 1 aliphatic rings. The van der Waals surface area contributed by atoms with E-state index in [2.05, 4.69) is 26.0 Å². The van der Waals surface area contributed by atoms with Gasteiger partial charge in [-0.2, -0.15) is 5.10 Å². The molecular formula is C16H23N5O. The van der Waals surface area contributed by atoms with Crippen LogP contribution >= 0.6 is 0 Å². The quantitative estimate of drug-likeness (QED) is 0.922. The monoisotopic (exact) mass is 301 g/mol. The van der Waals surface area contributed by atoms with Gasteiger partial charge in [0, 0.05) is 31.6 Å². The van der Waals surface area contributed by atoms with E-state index in [0.717, 1.165) is 55.4 Å². The van der Waals surface area contributed by atoms with Gasteiger partial charge in [-0.1, -0.05) is 0 Å². The van der Waals surface area contributed by atoms with Gasteiger partial charge < -0.3 is 9.88 Å². The summed E-state index contributed by atoms with van der Waals surface area (Å²) in [6.07, 6.45) is 6.41. The Hall–Kier alpha value is -2.11. The number of carbonyl (C=O) groups is 1. The molecule has 118 valence electrons. The van der Waals surface area contributed by atoms with Crippen molar-refractivity contribution in [3.05, 3.63) is 29.5 Å². The zero-order valence-corrected chi connectivity index (χ0v) is 13.3. The first-order valence-electron chi connectivity index (χ1n) is 7.99. The molecule has 0 spiro atoms. The van der Waals surface area contributed by atoms with Gasteiger partial charge in [-0.3, -0.25) is 9.48 Å². The molecule has 2 aromatic rings. The summed E-state index contributed by atoms with van der Waals surface area (Å²) in [5.41, 5.74) is 2.16. The number of aryl methyl sites for hydroxylation is 4. The molecule has 0 radical (unpaired) electrons. The molecule has 6 nitrogen and oxygen atoms in total. The Morgan fingerprint density at radius 2 is 2.23 bits per heavy atom. The molecule has 0 unspecified atom stereocenters. The highest BCUT2D eigenvalue weighted by atomic mass is 16.1. The van der Waals surface area contributed by atoms with E-state index in [1.165, 1.54) is 6.42 Å². The second-order valence-corrected chi connectivity index (χ2v) is 5.97. The fourth-order valence-corrected chi connectivity index (χ4v) is 3.01. The lowest BCUT2D eigenvalue weighted by atomic mass is 10.2. The van der Waals surface area contributed by atoms with Crippen molar-refractivity contribution in [3.63, 3.8) is 0 Å². The summed E-state index contributed by atoms with van der Waals surface area (Å²) in [7, 11) is 0. The number of carbonyl (C=O) groups excluding carboxylic acids is 1. The lowest BCUT2D eigenvalue weighted by molar-refractivity contribution is -0.116. The highest BCUT2D eigenvalue weighted by Crippen LogP contribution is 2.19. The summed E-state index contributed by atoms with van der Waals surface area (Å²) in [5.74, 6) is 1.98. The number of hydrogen-bond donors (Lipinski definition) is 1. The van der Waals surface area contributed by atoms with Crippen molar-refractivity contribution in [2.75, 3.05) is 5.32 Å². The first-order valence-corrected chi connectivity index (χ1v) is 7.99. The topological polar surface area (TPSA) is 64.7 Å². The second kappa shape index (κ2) is 6.34. The van der Waals surface area contributed by atoms with Crippen LogP contribution in [-0.2, 0) is 24.3 Å². The molecule has 0 saturated heterocycles.